The molecule has 0 unspecified atom stereocenters. The number of aromatic nitrogens is 3. The first-order valence-corrected chi connectivity index (χ1v) is 16.4. The van der Waals surface area contributed by atoms with Gasteiger partial charge in [-0.25, -0.2) is 13.8 Å². The second-order valence-corrected chi connectivity index (χ2v) is 14.3. The lowest BCUT2D eigenvalue weighted by molar-refractivity contribution is -0.214. The van der Waals surface area contributed by atoms with Crippen LogP contribution in [0.3, 0.4) is 0 Å². The molecule has 5 aliphatic rings. The van der Waals surface area contributed by atoms with Crippen LogP contribution in [0.1, 0.15) is 73.8 Å². The molecule has 2 amide bonds. The Hall–Kier alpha value is -3.99. The molecule has 4 aromatic rings. The molecule has 0 radical (unpaired) electrons. The first-order valence-electron chi connectivity index (χ1n) is 16.4. The topological polar surface area (TPSA) is 107 Å². The molecule has 4 saturated carbocycles. The molecule has 3 N–H and O–H groups in total. The lowest BCUT2D eigenvalue weighted by atomic mass is 9.42. The molecule has 1 aliphatic heterocycles. The highest BCUT2D eigenvalue weighted by Crippen LogP contribution is 2.69. The zero-order valence-corrected chi connectivity index (χ0v) is 26.5. The number of amides is 2. The Kier molecular flexibility index (Phi) is 6.56. The summed E-state index contributed by atoms with van der Waals surface area (Å²) in [7, 11) is 3.49. The molecule has 4 aliphatic carbocycles. The average molecular weight is 631 g/mol. The lowest BCUT2D eigenvalue weighted by Crippen LogP contribution is -2.70. The van der Waals surface area contributed by atoms with Gasteiger partial charge in [-0.3, -0.25) is 9.59 Å². The second-order valence-electron chi connectivity index (χ2n) is 14.3. The third kappa shape index (κ3) is 4.52. The number of aryl methyl sites for hydroxylation is 1. The van der Waals surface area contributed by atoms with E-state index >= 15 is 4.39 Å². The van der Waals surface area contributed by atoms with E-state index in [1.165, 1.54) is 0 Å². The van der Waals surface area contributed by atoms with Crippen molar-refractivity contribution >= 4 is 33.8 Å². The summed E-state index contributed by atoms with van der Waals surface area (Å²) in [6, 6.07) is 8.55. The molecule has 5 fully saturated rings. The third-order valence-electron chi connectivity index (χ3n) is 10.8. The summed E-state index contributed by atoms with van der Waals surface area (Å²) >= 11 is 0. The van der Waals surface area contributed by atoms with Gasteiger partial charge in [-0.2, -0.15) is 0 Å². The van der Waals surface area contributed by atoms with Crippen LogP contribution in [0.2, 0.25) is 0 Å². The number of halogens is 2. The van der Waals surface area contributed by atoms with Crippen LogP contribution in [-0.2, 0) is 18.4 Å². The fourth-order valence-electron chi connectivity index (χ4n) is 8.13. The normalized spacial score (nSPS) is 26.1. The fraction of sp³-hybridized carbons (Fsp3) is 0.514. The van der Waals surface area contributed by atoms with Crippen molar-refractivity contribution in [3.63, 3.8) is 0 Å². The van der Waals surface area contributed by atoms with Crippen molar-refractivity contribution in [3.8, 4) is 17.3 Å². The molecule has 2 aromatic heterocycles. The maximum atomic E-state index is 16.5. The van der Waals surface area contributed by atoms with Gasteiger partial charge in [0, 0.05) is 49.2 Å². The predicted octanol–water partition coefficient (Wildman–Crippen LogP) is 5.39. The zero-order chi connectivity index (χ0) is 32.1. The molecular weight excluding hydrogens is 590 g/mol. The minimum Gasteiger partial charge on any atom is -0.494 e. The number of rotatable bonds is 8. The Labute approximate surface area is 266 Å². The van der Waals surface area contributed by atoms with Gasteiger partial charge in [0.05, 0.1) is 35.3 Å². The van der Waals surface area contributed by atoms with Crippen molar-refractivity contribution in [2.24, 2.45) is 24.1 Å². The highest BCUT2D eigenvalue weighted by atomic mass is 19.1. The van der Waals surface area contributed by atoms with Crippen molar-refractivity contribution in [2.75, 3.05) is 20.2 Å². The first-order chi connectivity index (χ1) is 22.0. The molecule has 9 nitrogen and oxygen atoms in total. The minimum atomic E-state index is -1.18. The Bertz CT molecular complexity index is 1910. The van der Waals surface area contributed by atoms with E-state index in [2.05, 4.69) is 5.32 Å². The van der Waals surface area contributed by atoms with Crippen LogP contribution in [0.5, 0.6) is 5.75 Å². The van der Waals surface area contributed by atoms with Crippen LogP contribution in [0.4, 0.5) is 8.78 Å². The van der Waals surface area contributed by atoms with Gasteiger partial charge in [-0.05, 0) is 76.0 Å². The van der Waals surface area contributed by atoms with E-state index in [-0.39, 0.29) is 42.9 Å². The molecule has 46 heavy (non-hydrogen) atoms. The van der Waals surface area contributed by atoms with Crippen LogP contribution in [0.15, 0.2) is 30.3 Å². The van der Waals surface area contributed by atoms with Crippen molar-refractivity contribution < 1.29 is 23.1 Å². The molecular formula is C35H40F2N6O3. The molecule has 242 valence electrons. The smallest absolute Gasteiger partial charge is 0.254 e. The number of ether oxygens (including phenoxy) is 1. The average Bonchev–Trinajstić information content (AvgIpc) is 3.66. The maximum absolute atomic E-state index is 16.5. The summed E-state index contributed by atoms with van der Waals surface area (Å²) in [5, 5.41) is 3.71. The van der Waals surface area contributed by atoms with Crippen LogP contribution in [0.25, 0.3) is 33.5 Å². The number of hydrogen-bond acceptors (Lipinski definition) is 5. The van der Waals surface area contributed by atoms with E-state index in [1.54, 1.807) is 37.1 Å². The number of methoxy groups -OCH3 is 1. The van der Waals surface area contributed by atoms with Gasteiger partial charge in [-0.15, -0.1) is 0 Å². The summed E-state index contributed by atoms with van der Waals surface area (Å²) in [5.74, 6) is 0.952. The lowest BCUT2D eigenvalue weighted by Gasteiger charge is -2.64. The number of nitrogens with zero attached hydrogens (tertiary/aromatic N) is 4. The van der Waals surface area contributed by atoms with E-state index in [0.717, 1.165) is 42.3 Å². The molecule has 11 heteroatoms. The van der Waals surface area contributed by atoms with Gasteiger partial charge in [0.1, 0.15) is 16.9 Å². The van der Waals surface area contributed by atoms with E-state index in [0.29, 0.717) is 59.3 Å². The van der Waals surface area contributed by atoms with Gasteiger partial charge in [-0.1, -0.05) is 12.1 Å². The number of nitrogens with one attached hydrogen (secondary N) is 1. The Balaban J connectivity index is 1.18. The van der Waals surface area contributed by atoms with Gasteiger partial charge in [0.15, 0.2) is 11.6 Å². The number of likely N-dealkylation sites (tertiary alicyclic amines) is 1. The number of imidazole rings is 1. The van der Waals surface area contributed by atoms with Crippen LogP contribution in [-0.4, -0.2) is 62.7 Å². The van der Waals surface area contributed by atoms with Crippen LogP contribution in [0, 0.1) is 17.2 Å². The summed E-state index contributed by atoms with van der Waals surface area (Å²) in [5.41, 5.74) is 7.85. The van der Waals surface area contributed by atoms with Gasteiger partial charge >= 0.3 is 0 Å². The molecule has 1 saturated heterocycles. The number of nitrogens with two attached hydrogens (primary N) is 1. The predicted molar refractivity (Wildman–Crippen MR) is 171 cm³/mol. The second kappa shape index (κ2) is 10.3. The standard InChI is InChI=1S/C35H40F2N6O3/c1-19(39-33(45)34-16-35(37,17-34)18-34)24-9-8-21-12-26(43(14-20-6-7-20)29(21)28(24)36)31-40-25-11-22(13-27(46-3)30(25)41(31)2)32(44)42-10-4-5-23(38)15-42/h8-9,11-13,19-20,23H,4-7,10,14-18,38H2,1-3H3,(H,39,45)/t19-,23-,34?,35?/m1/s1. The summed E-state index contributed by atoms with van der Waals surface area (Å²) in [6.07, 6.45) is 4.72. The highest BCUT2D eigenvalue weighted by molar-refractivity contribution is 6.00. The quantitative estimate of drug-likeness (QED) is 0.272. The van der Waals surface area contributed by atoms with Crippen LogP contribution >= 0.6 is 0 Å². The van der Waals surface area contributed by atoms with E-state index < -0.39 is 17.1 Å². The summed E-state index contributed by atoms with van der Waals surface area (Å²) in [6.45, 7) is 3.60. The van der Waals surface area contributed by atoms with Crippen molar-refractivity contribution in [2.45, 2.75) is 76.2 Å². The Morgan fingerprint density at radius 3 is 2.59 bits per heavy atom. The van der Waals surface area contributed by atoms with Gasteiger partial charge in [0.25, 0.3) is 5.91 Å². The molecule has 9 rings (SSSR count). The number of alkyl halides is 1. The van der Waals surface area contributed by atoms with Crippen molar-refractivity contribution in [1.29, 1.82) is 0 Å². The summed E-state index contributed by atoms with van der Waals surface area (Å²) < 4.78 is 40.4. The molecule has 0 spiro atoms. The number of benzene rings is 2. The number of fused-ring (bicyclic) bond motifs is 2. The van der Waals surface area contributed by atoms with E-state index in [4.69, 9.17) is 15.5 Å². The molecule has 2 aromatic carbocycles. The zero-order valence-electron chi connectivity index (χ0n) is 26.5. The number of carbonyl (C=O) groups excluding carboxylic acids is 2. The first kappa shape index (κ1) is 29.4. The van der Waals surface area contributed by atoms with Gasteiger partial charge < -0.3 is 29.8 Å². The van der Waals surface area contributed by atoms with E-state index in [9.17, 15) is 14.0 Å². The van der Waals surface area contributed by atoms with E-state index in [1.807, 2.05) is 28.3 Å². The number of hydrogen-bond donors (Lipinski definition) is 2. The maximum Gasteiger partial charge on any atom is 0.254 e. The van der Waals surface area contributed by atoms with Crippen LogP contribution < -0.4 is 15.8 Å². The minimum absolute atomic E-state index is 0.0322. The number of piperidine rings is 1. The monoisotopic (exact) mass is 630 g/mol. The Morgan fingerprint density at radius 2 is 1.91 bits per heavy atom. The van der Waals surface area contributed by atoms with Crippen molar-refractivity contribution in [3.05, 3.63) is 47.3 Å². The molecule has 2 bridgehead atoms. The molecule has 3 heterocycles. The van der Waals surface area contributed by atoms with Crippen molar-refractivity contribution in [1.82, 2.24) is 24.3 Å². The fourth-order valence-corrected chi connectivity index (χ4v) is 8.13. The molecule has 2 atom stereocenters. The summed E-state index contributed by atoms with van der Waals surface area (Å²) in [4.78, 5) is 33.3. The third-order valence-corrected chi connectivity index (χ3v) is 10.8. The highest BCUT2D eigenvalue weighted by Gasteiger charge is 2.72. The largest absolute Gasteiger partial charge is 0.494 e. The van der Waals surface area contributed by atoms with Gasteiger partial charge in [0.2, 0.25) is 5.91 Å². The Morgan fingerprint density at radius 1 is 1.15 bits per heavy atom. The number of carbonyl (C=O) groups is 2. The SMILES string of the molecule is COc1cc(C(=O)N2CCC[C@@H](N)C2)cc2nc(-c3cc4ccc([C@@H](C)NC(=O)C56CC(F)(C5)C6)c(F)c4n3CC3CC3)n(C)c12.